The maximum Gasteiger partial charge on any atom is 0.246 e. The quantitative estimate of drug-likeness (QED) is 0.454. The molecule has 0 radical (unpaired) electrons. The molecule has 1 aliphatic rings. The minimum absolute atomic E-state index is 0.0294. The van der Waals surface area contributed by atoms with Crippen LogP contribution >= 0.6 is 11.6 Å². The van der Waals surface area contributed by atoms with E-state index in [2.05, 4.69) is 15.5 Å². The second-order valence-corrected chi connectivity index (χ2v) is 11.4. The van der Waals surface area contributed by atoms with Crippen LogP contribution in [0.1, 0.15) is 49.9 Å². The lowest BCUT2D eigenvalue weighted by Crippen LogP contribution is -2.41. The second-order valence-electron chi connectivity index (χ2n) is 9.04. The van der Waals surface area contributed by atoms with Gasteiger partial charge in [0, 0.05) is 42.1 Å². The third kappa shape index (κ3) is 5.88. The number of nitrogens with one attached hydrogen (secondary N) is 1. The summed E-state index contributed by atoms with van der Waals surface area (Å²) in [6.45, 7) is 4.46. The maximum atomic E-state index is 13.2. The van der Waals surface area contributed by atoms with Gasteiger partial charge in [-0.05, 0) is 48.7 Å². The predicted molar refractivity (Wildman–Crippen MR) is 136 cm³/mol. The molecule has 4 rings (SSSR count). The number of nitrogens with zero attached hydrogens (tertiary/aromatic N) is 3. The van der Waals surface area contributed by atoms with Crippen LogP contribution in [0.5, 0.6) is 5.75 Å². The largest absolute Gasteiger partial charge is 0.495 e. The molecular formula is C25H29ClN4O5S. The lowest BCUT2D eigenvalue weighted by molar-refractivity contribution is -0.120. The first-order chi connectivity index (χ1) is 17.2. The minimum Gasteiger partial charge on any atom is -0.495 e. The van der Waals surface area contributed by atoms with Gasteiger partial charge in [-0.25, -0.2) is 8.42 Å². The van der Waals surface area contributed by atoms with Crippen molar-refractivity contribution in [1.29, 1.82) is 0 Å². The highest BCUT2D eigenvalue weighted by molar-refractivity contribution is 7.89. The Morgan fingerprint density at radius 1 is 1.19 bits per heavy atom. The molecule has 0 spiro atoms. The number of amides is 1. The van der Waals surface area contributed by atoms with E-state index in [1.807, 2.05) is 38.1 Å². The van der Waals surface area contributed by atoms with E-state index in [0.29, 0.717) is 41.7 Å². The van der Waals surface area contributed by atoms with Crippen LogP contribution in [0.3, 0.4) is 0 Å². The van der Waals surface area contributed by atoms with Gasteiger partial charge in [0.25, 0.3) is 0 Å². The summed E-state index contributed by atoms with van der Waals surface area (Å²) in [5, 5.41) is 7.26. The average Bonchev–Trinajstić information content (AvgIpc) is 3.34. The molecule has 11 heteroatoms. The number of benzene rings is 2. The van der Waals surface area contributed by atoms with Crippen molar-refractivity contribution in [3.8, 4) is 5.75 Å². The Morgan fingerprint density at radius 3 is 2.50 bits per heavy atom. The minimum atomic E-state index is -3.79. The molecule has 0 unspecified atom stereocenters. The van der Waals surface area contributed by atoms with Crippen molar-refractivity contribution in [1.82, 2.24) is 14.4 Å². The molecule has 0 atom stereocenters. The van der Waals surface area contributed by atoms with Gasteiger partial charge in [-0.3, -0.25) is 4.79 Å². The number of carbonyl (C=O) groups excluding carboxylic acids is 1. The highest BCUT2D eigenvalue weighted by Gasteiger charge is 2.34. The summed E-state index contributed by atoms with van der Waals surface area (Å²) in [5.41, 5.74) is 1.68. The fraction of sp³-hybridized carbons (Fsp3) is 0.400. The Bertz CT molecular complexity index is 1320. The molecule has 1 amide bonds. The van der Waals surface area contributed by atoms with Crippen molar-refractivity contribution in [2.75, 3.05) is 25.5 Å². The van der Waals surface area contributed by atoms with Gasteiger partial charge in [-0.15, -0.1) is 0 Å². The normalized spacial score (nSPS) is 15.2. The summed E-state index contributed by atoms with van der Waals surface area (Å²) in [6, 6.07) is 12.0. The first kappa shape index (κ1) is 26.1. The number of aromatic nitrogens is 2. The van der Waals surface area contributed by atoms with Gasteiger partial charge in [-0.1, -0.05) is 42.7 Å². The number of anilines is 1. The van der Waals surface area contributed by atoms with Gasteiger partial charge >= 0.3 is 0 Å². The van der Waals surface area contributed by atoms with Gasteiger partial charge in [0.05, 0.1) is 7.11 Å². The molecule has 1 saturated heterocycles. The van der Waals surface area contributed by atoms with E-state index in [1.54, 1.807) is 6.07 Å². The van der Waals surface area contributed by atoms with Crippen LogP contribution in [0.2, 0.25) is 5.02 Å². The smallest absolute Gasteiger partial charge is 0.246 e. The van der Waals surface area contributed by atoms with Crippen LogP contribution in [0.15, 0.2) is 51.9 Å². The van der Waals surface area contributed by atoms with Crippen LogP contribution < -0.4 is 10.1 Å². The van der Waals surface area contributed by atoms with E-state index < -0.39 is 10.0 Å². The number of ether oxygens (including phenoxy) is 1. The lowest BCUT2D eigenvalue weighted by atomic mass is 9.97. The Labute approximate surface area is 215 Å². The summed E-state index contributed by atoms with van der Waals surface area (Å²) in [7, 11) is -2.38. The molecule has 0 aliphatic carbocycles. The van der Waals surface area contributed by atoms with Crippen molar-refractivity contribution < 1.29 is 22.5 Å². The third-order valence-electron chi connectivity index (χ3n) is 6.13. The molecule has 9 nitrogen and oxygen atoms in total. The number of methoxy groups -OCH3 is 1. The highest BCUT2D eigenvalue weighted by atomic mass is 35.5. The van der Waals surface area contributed by atoms with E-state index in [4.69, 9.17) is 20.9 Å². The Hall–Kier alpha value is -2.95. The second kappa shape index (κ2) is 11.0. The van der Waals surface area contributed by atoms with Gasteiger partial charge in [0.1, 0.15) is 10.6 Å². The maximum absolute atomic E-state index is 13.2. The van der Waals surface area contributed by atoms with Crippen LogP contribution in [-0.4, -0.2) is 49.0 Å². The molecule has 192 valence electrons. The van der Waals surface area contributed by atoms with E-state index in [9.17, 15) is 13.2 Å². The highest BCUT2D eigenvalue weighted by Crippen LogP contribution is 2.32. The van der Waals surface area contributed by atoms with Crippen LogP contribution in [0.25, 0.3) is 0 Å². The summed E-state index contributed by atoms with van der Waals surface area (Å²) >= 11 is 6.02. The van der Waals surface area contributed by atoms with Gasteiger partial charge < -0.3 is 14.6 Å². The molecule has 1 fully saturated rings. The van der Waals surface area contributed by atoms with Crippen molar-refractivity contribution in [2.24, 2.45) is 5.92 Å². The molecule has 1 aliphatic heterocycles. The number of sulfonamides is 1. The summed E-state index contributed by atoms with van der Waals surface area (Å²) in [5.74, 6) is 1.23. The lowest BCUT2D eigenvalue weighted by Gasteiger charge is -2.31. The molecule has 1 N–H and O–H groups in total. The van der Waals surface area contributed by atoms with Crippen molar-refractivity contribution in [2.45, 2.75) is 43.9 Å². The van der Waals surface area contributed by atoms with Crippen LogP contribution in [0.4, 0.5) is 5.69 Å². The van der Waals surface area contributed by atoms with E-state index >= 15 is 0 Å². The first-order valence-electron chi connectivity index (χ1n) is 11.7. The number of rotatable bonds is 8. The number of piperidine rings is 1. The van der Waals surface area contributed by atoms with Crippen LogP contribution in [-0.2, 0) is 21.2 Å². The Morgan fingerprint density at radius 2 is 1.89 bits per heavy atom. The standard InChI is InChI=1S/C25H29ClN4O5S/c1-16(2)25-28-23(29-35-25)14-17-4-7-20(8-5-17)27-24(31)18-10-12-30(13-11-18)36(32,33)22-15-19(26)6-9-21(22)34-3/h4-9,15-16,18H,10-14H2,1-3H3,(H,27,31). The Kier molecular flexibility index (Phi) is 7.97. The summed E-state index contributed by atoms with van der Waals surface area (Å²) in [4.78, 5) is 17.2. The number of hydrogen-bond donors (Lipinski definition) is 1. The van der Waals surface area contributed by atoms with Gasteiger partial charge in [0.15, 0.2) is 5.82 Å². The molecule has 2 heterocycles. The third-order valence-corrected chi connectivity index (χ3v) is 8.28. The number of halogens is 1. The first-order valence-corrected chi connectivity index (χ1v) is 13.5. The fourth-order valence-corrected chi connectivity index (χ4v) is 5.94. The SMILES string of the molecule is COc1ccc(Cl)cc1S(=O)(=O)N1CCC(C(=O)Nc2ccc(Cc3noc(C(C)C)n3)cc2)CC1. The van der Waals surface area contributed by atoms with Gasteiger partial charge in [0.2, 0.25) is 21.8 Å². The van der Waals surface area contributed by atoms with Crippen LogP contribution in [0, 0.1) is 5.92 Å². The van der Waals surface area contributed by atoms with Crippen molar-refractivity contribution >= 4 is 33.2 Å². The number of hydrogen-bond acceptors (Lipinski definition) is 7. The monoisotopic (exact) mass is 532 g/mol. The van der Waals surface area contributed by atoms with E-state index in [-0.39, 0.29) is 41.5 Å². The van der Waals surface area contributed by atoms with E-state index in [0.717, 1.165) is 5.56 Å². The molecule has 3 aromatic rings. The fourth-order valence-electron chi connectivity index (χ4n) is 4.06. The predicted octanol–water partition coefficient (Wildman–Crippen LogP) is 4.49. The van der Waals surface area contributed by atoms with Crippen molar-refractivity contribution in [3.05, 3.63) is 64.8 Å². The summed E-state index contributed by atoms with van der Waals surface area (Å²) < 4.78 is 38.1. The topological polar surface area (TPSA) is 115 Å². The molecule has 2 aromatic carbocycles. The zero-order chi connectivity index (χ0) is 25.9. The number of carbonyl (C=O) groups is 1. The molecular weight excluding hydrogens is 504 g/mol. The average molecular weight is 533 g/mol. The van der Waals surface area contributed by atoms with Crippen molar-refractivity contribution in [3.63, 3.8) is 0 Å². The molecule has 0 bridgehead atoms. The van der Waals surface area contributed by atoms with Gasteiger partial charge in [-0.2, -0.15) is 9.29 Å². The molecule has 36 heavy (non-hydrogen) atoms. The molecule has 1 aromatic heterocycles. The molecule has 0 saturated carbocycles. The van der Waals surface area contributed by atoms with E-state index in [1.165, 1.54) is 23.5 Å². The summed E-state index contributed by atoms with van der Waals surface area (Å²) in [6.07, 6.45) is 1.37. The zero-order valence-corrected chi connectivity index (χ0v) is 22.0. The zero-order valence-electron chi connectivity index (χ0n) is 20.4. The Balaban J connectivity index is 1.33.